The van der Waals surface area contributed by atoms with E-state index in [4.69, 9.17) is 9.47 Å². The molecule has 0 aliphatic rings. The van der Waals surface area contributed by atoms with Crippen LogP contribution in [-0.2, 0) is 0 Å². The minimum Gasteiger partial charge on any atom is -0.493 e. The summed E-state index contributed by atoms with van der Waals surface area (Å²) in [6, 6.07) is 13.2. The first kappa shape index (κ1) is 19.4. The van der Waals surface area contributed by atoms with E-state index in [1.54, 1.807) is 19.6 Å². The number of carbonyl (C=O) groups excluding carboxylic acids is 1. The van der Waals surface area contributed by atoms with Gasteiger partial charge in [-0.1, -0.05) is 40.2 Å². The monoisotopic (exact) mass is 446 g/mol. The third kappa shape index (κ3) is 4.14. The van der Waals surface area contributed by atoms with Crippen molar-refractivity contribution in [1.29, 1.82) is 0 Å². The molecule has 0 spiro atoms. The fourth-order valence-electron chi connectivity index (χ4n) is 2.73. The fourth-order valence-corrected chi connectivity index (χ4v) is 4.18. The minimum atomic E-state index is -0.220. The highest BCUT2D eigenvalue weighted by Crippen LogP contribution is 2.39. The van der Waals surface area contributed by atoms with Gasteiger partial charge in [0, 0.05) is 9.85 Å². The molecular weight excluding hydrogens is 428 g/mol. The number of ether oxygens (including phenoxy) is 2. The van der Waals surface area contributed by atoms with Crippen LogP contribution in [0.2, 0.25) is 0 Å². The standard InChI is InChI=1S/C20H19BrN2O3S/c1-12(13-7-4-5-9-15(13)21)22-19(24)16-11-27-20(23-16)14-8-6-10-17(25-2)18(14)26-3/h4-12H,1-3H3,(H,22,24)/t12-/m1/s1. The Morgan fingerprint density at radius 3 is 2.63 bits per heavy atom. The van der Waals surface area contributed by atoms with E-state index in [0.29, 0.717) is 22.2 Å². The van der Waals surface area contributed by atoms with Crippen molar-refractivity contribution in [3.8, 4) is 22.1 Å². The Morgan fingerprint density at radius 1 is 1.15 bits per heavy atom. The Labute approximate surface area is 170 Å². The molecule has 0 aliphatic carbocycles. The highest BCUT2D eigenvalue weighted by atomic mass is 79.9. The molecule has 1 heterocycles. The minimum absolute atomic E-state index is 0.149. The zero-order valence-electron chi connectivity index (χ0n) is 15.2. The van der Waals surface area contributed by atoms with E-state index >= 15 is 0 Å². The normalized spacial score (nSPS) is 11.7. The molecule has 1 aromatic heterocycles. The molecule has 0 saturated heterocycles. The average molecular weight is 447 g/mol. The van der Waals surface area contributed by atoms with Gasteiger partial charge < -0.3 is 14.8 Å². The molecule has 1 amide bonds. The summed E-state index contributed by atoms with van der Waals surface area (Å²) in [5.74, 6) is 1.00. The van der Waals surface area contributed by atoms with Crippen LogP contribution in [0.25, 0.3) is 10.6 Å². The van der Waals surface area contributed by atoms with Gasteiger partial charge in [0.2, 0.25) is 0 Å². The summed E-state index contributed by atoms with van der Waals surface area (Å²) in [6.45, 7) is 1.94. The van der Waals surface area contributed by atoms with Crippen LogP contribution >= 0.6 is 27.3 Å². The summed E-state index contributed by atoms with van der Waals surface area (Å²) in [5, 5.41) is 5.43. The number of benzene rings is 2. The SMILES string of the molecule is COc1cccc(-c2nc(C(=O)N[C@H](C)c3ccccc3Br)cs2)c1OC. The van der Waals surface area contributed by atoms with Gasteiger partial charge in [-0.15, -0.1) is 11.3 Å². The van der Waals surface area contributed by atoms with Crippen molar-refractivity contribution in [1.82, 2.24) is 10.3 Å². The second-order valence-corrected chi connectivity index (χ2v) is 7.51. The van der Waals surface area contributed by atoms with Crippen LogP contribution < -0.4 is 14.8 Å². The third-order valence-electron chi connectivity index (χ3n) is 4.09. The lowest BCUT2D eigenvalue weighted by Crippen LogP contribution is -2.27. The lowest BCUT2D eigenvalue weighted by molar-refractivity contribution is 0.0935. The quantitative estimate of drug-likeness (QED) is 0.573. The maximum absolute atomic E-state index is 12.6. The van der Waals surface area contributed by atoms with Gasteiger partial charge in [0.15, 0.2) is 11.5 Å². The summed E-state index contributed by atoms with van der Waals surface area (Å²) in [7, 11) is 3.17. The summed E-state index contributed by atoms with van der Waals surface area (Å²) >= 11 is 4.91. The molecule has 3 rings (SSSR count). The molecule has 1 atom stereocenters. The predicted octanol–water partition coefficient (Wildman–Crippen LogP) is 5.08. The van der Waals surface area contributed by atoms with Crippen molar-refractivity contribution < 1.29 is 14.3 Å². The van der Waals surface area contributed by atoms with E-state index < -0.39 is 0 Å². The fraction of sp³-hybridized carbons (Fsp3) is 0.200. The molecule has 0 aliphatic heterocycles. The summed E-state index contributed by atoms with van der Waals surface area (Å²) < 4.78 is 11.8. The van der Waals surface area contributed by atoms with Crippen LogP contribution in [0.15, 0.2) is 52.3 Å². The molecule has 7 heteroatoms. The number of carbonyl (C=O) groups is 1. The van der Waals surface area contributed by atoms with Gasteiger partial charge in [0.25, 0.3) is 5.91 Å². The Hall–Kier alpha value is -2.38. The average Bonchev–Trinajstić information content (AvgIpc) is 3.17. The van der Waals surface area contributed by atoms with Crippen molar-refractivity contribution in [2.24, 2.45) is 0 Å². The number of methoxy groups -OCH3 is 2. The molecule has 0 radical (unpaired) electrons. The van der Waals surface area contributed by atoms with E-state index in [2.05, 4.69) is 26.2 Å². The van der Waals surface area contributed by atoms with Crippen molar-refractivity contribution in [3.05, 3.63) is 63.6 Å². The van der Waals surface area contributed by atoms with Gasteiger partial charge >= 0.3 is 0 Å². The topological polar surface area (TPSA) is 60.5 Å². The Bertz CT molecular complexity index is 958. The summed E-state index contributed by atoms with van der Waals surface area (Å²) in [5.41, 5.74) is 2.18. The number of rotatable bonds is 6. The molecule has 140 valence electrons. The maximum Gasteiger partial charge on any atom is 0.271 e. The van der Waals surface area contributed by atoms with E-state index in [9.17, 15) is 4.79 Å². The smallest absolute Gasteiger partial charge is 0.271 e. The number of amides is 1. The molecule has 0 fully saturated rings. The molecule has 3 aromatic rings. The number of halogens is 1. The van der Waals surface area contributed by atoms with Crippen LogP contribution in [0.1, 0.15) is 29.0 Å². The highest BCUT2D eigenvalue weighted by molar-refractivity contribution is 9.10. The number of thiazole rings is 1. The Kier molecular flexibility index (Phi) is 6.13. The number of aromatic nitrogens is 1. The van der Waals surface area contributed by atoms with E-state index in [1.807, 2.05) is 49.4 Å². The van der Waals surface area contributed by atoms with Crippen molar-refractivity contribution in [2.75, 3.05) is 14.2 Å². The number of nitrogens with zero attached hydrogens (tertiary/aromatic N) is 1. The highest BCUT2D eigenvalue weighted by Gasteiger charge is 2.19. The number of hydrogen-bond acceptors (Lipinski definition) is 5. The lowest BCUT2D eigenvalue weighted by atomic mass is 10.1. The van der Waals surface area contributed by atoms with Gasteiger partial charge in [0.1, 0.15) is 10.7 Å². The van der Waals surface area contributed by atoms with Crippen LogP contribution in [-0.4, -0.2) is 25.1 Å². The summed E-state index contributed by atoms with van der Waals surface area (Å²) in [6.07, 6.45) is 0. The van der Waals surface area contributed by atoms with Crippen molar-refractivity contribution >= 4 is 33.2 Å². The molecule has 0 bridgehead atoms. The molecule has 2 aromatic carbocycles. The first-order valence-electron chi connectivity index (χ1n) is 8.27. The first-order valence-corrected chi connectivity index (χ1v) is 9.94. The van der Waals surface area contributed by atoms with Crippen LogP contribution in [0.4, 0.5) is 0 Å². The van der Waals surface area contributed by atoms with E-state index in [0.717, 1.165) is 15.6 Å². The number of para-hydroxylation sites is 1. The molecule has 1 N–H and O–H groups in total. The second-order valence-electron chi connectivity index (χ2n) is 5.80. The van der Waals surface area contributed by atoms with Gasteiger partial charge in [0.05, 0.1) is 25.8 Å². The van der Waals surface area contributed by atoms with Crippen LogP contribution in [0, 0.1) is 0 Å². The number of nitrogens with one attached hydrogen (secondary N) is 1. The van der Waals surface area contributed by atoms with Gasteiger partial charge in [-0.3, -0.25) is 4.79 Å². The molecular formula is C20H19BrN2O3S. The second kappa shape index (κ2) is 8.54. The molecule has 0 unspecified atom stereocenters. The zero-order valence-corrected chi connectivity index (χ0v) is 17.6. The van der Waals surface area contributed by atoms with E-state index in [1.165, 1.54) is 11.3 Å². The third-order valence-corrected chi connectivity index (χ3v) is 5.69. The maximum atomic E-state index is 12.6. The predicted molar refractivity (Wildman–Crippen MR) is 111 cm³/mol. The van der Waals surface area contributed by atoms with Gasteiger partial charge in [-0.05, 0) is 30.7 Å². The van der Waals surface area contributed by atoms with Crippen molar-refractivity contribution in [3.63, 3.8) is 0 Å². The van der Waals surface area contributed by atoms with Crippen molar-refractivity contribution in [2.45, 2.75) is 13.0 Å². The number of hydrogen-bond donors (Lipinski definition) is 1. The largest absolute Gasteiger partial charge is 0.493 e. The van der Waals surface area contributed by atoms with Gasteiger partial charge in [-0.25, -0.2) is 4.98 Å². The Balaban J connectivity index is 1.82. The first-order chi connectivity index (χ1) is 13.0. The zero-order chi connectivity index (χ0) is 19.4. The molecule has 27 heavy (non-hydrogen) atoms. The van der Waals surface area contributed by atoms with E-state index in [-0.39, 0.29) is 11.9 Å². The Morgan fingerprint density at radius 2 is 1.93 bits per heavy atom. The molecule has 5 nitrogen and oxygen atoms in total. The molecule has 0 saturated carbocycles. The van der Waals surface area contributed by atoms with Crippen LogP contribution in [0.5, 0.6) is 11.5 Å². The summed E-state index contributed by atoms with van der Waals surface area (Å²) in [4.78, 5) is 17.1. The van der Waals surface area contributed by atoms with Gasteiger partial charge in [-0.2, -0.15) is 0 Å². The van der Waals surface area contributed by atoms with Crippen LogP contribution in [0.3, 0.4) is 0 Å². The lowest BCUT2D eigenvalue weighted by Gasteiger charge is -2.15.